The summed E-state index contributed by atoms with van der Waals surface area (Å²) in [5, 5.41) is 0. The summed E-state index contributed by atoms with van der Waals surface area (Å²) in [5.41, 5.74) is 0. The molecule has 0 aliphatic rings. The molecule has 408 valence electrons. The van der Waals surface area contributed by atoms with Gasteiger partial charge < -0.3 is 14.2 Å². The topological polar surface area (TPSA) is 78.9 Å². The summed E-state index contributed by atoms with van der Waals surface area (Å²) >= 11 is 0. The van der Waals surface area contributed by atoms with E-state index in [-0.39, 0.29) is 31.1 Å². The molecule has 0 amide bonds. The van der Waals surface area contributed by atoms with Gasteiger partial charge >= 0.3 is 17.9 Å². The zero-order chi connectivity index (χ0) is 51.4. The molecule has 6 nitrogen and oxygen atoms in total. The molecule has 0 saturated carbocycles. The maximum Gasteiger partial charge on any atom is 0.306 e. The van der Waals surface area contributed by atoms with Gasteiger partial charge in [0.25, 0.3) is 0 Å². The highest BCUT2D eigenvalue weighted by Gasteiger charge is 2.19. The molecule has 0 bridgehead atoms. The van der Waals surface area contributed by atoms with Gasteiger partial charge in [0.15, 0.2) is 6.10 Å². The molecule has 0 radical (unpaired) electrons. The zero-order valence-electron chi connectivity index (χ0n) is 46.7. The Bertz CT molecular complexity index is 1370. The number of hydrogen-bond donors (Lipinski definition) is 0. The van der Waals surface area contributed by atoms with Crippen molar-refractivity contribution in [2.45, 2.75) is 297 Å². The maximum absolute atomic E-state index is 12.9. The summed E-state index contributed by atoms with van der Waals surface area (Å²) in [6.07, 6.45) is 77.2. The lowest BCUT2D eigenvalue weighted by molar-refractivity contribution is -0.167. The average molecular weight is 990 g/mol. The molecule has 71 heavy (non-hydrogen) atoms. The van der Waals surface area contributed by atoms with E-state index in [2.05, 4.69) is 106 Å². The third kappa shape index (κ3) is 57.4. The van der Waals surface area contributed by atoms with Crippen molar-refractivity contribution in [1.82, 2.24) is 0 Å². The van der Waals surface area contributed by atoms with E-state index in [0.717, 1.165) is 96.3 Å². The molecular weight excluding hydrogens is 877 g/mol. The van der Waals surface area contributed by atoms with Crippen molar-refractivity contribution in [3.8, 4) is 0 Å². The summed E-state index contributed by atoms with van der Waals surface area (Å²) in [5.74, 6) is -0.953. The first-order valence-corrected chi connectivity index (χ1v) is 30.1. The largest absolute Gasteiger partial charge is 0.462 e. The number of unbranched alkanes of at least 4 members (excludes halogenated alkanes) is 29. The number of esters is 3. The van der Waals surface area contributed by atoms with Gasteiger partial charge in [-0.2, -0.15) is 0 Å². The van der Waals surface area contributed by atoms with Gasteiger partial charge in [0.2, 0.25) is 0 Å². The van der Waals surface area contributed by atoms with Crippen LogP contribution in [-0.4, -0.2) is 37.2 Å². The molecule has 0 N–H and O–H groups in total. The average Bonchev–Trinajstić information content (AvgIpc) is 3.37. The van der Waals surface area contributed by atoms with E-state index in [1.165, 1.54) is 154 Å². The number of carbonyl (C=O) groups excluding carboxylic acids is 3. The van der Waals surface area contributed by atoms with Crippen molar-refractivity contribution in [1.29, 1.82) is 0 Å². The van der Waals surface area contributed by atoms with Gasteiger partial charge in [-0.05, 0) is 122 Å². The standard InChI is InChI=1S/C65H112O6/c1-4-7-10-13-16-19-22-25-28-30-31-32-33-35-37-40-43-46-49-52-55-58-64(67)70-61-62(60-69-63(66)57-54-51-48-45-42-39-36-27-24-21-18-15-12-9-6-3)71-65(68)59-56-53-50-47-44-41-38-34-29-26-23-20-17-14-11-8-5-2/h17-18,20-21,25-29,36,38,41-42,45,62H,4-16,19,22-24,30-35,37,39-40,43-44,46-61H2,1-3H3/b20-17-,21-18-,28-25-,29-26-,36-27-,41-38-,45-42-/t62-/m1/s1. The Labute approximate surface area is 439 Å². The van der Waals surface area contributed by atoms with Gasteiger partial charge in [-0.3, -0.25) is 14.4 Å². The van der Waals surface area contributed by atoms with Gasteiger partial charge in [0.05, 0.1) is 0 Å². The van der Waals surface area contributed by atoms with Crippen molar-refractivity contribution in [3.05, 3.63) is 85.1 Å². The number of hydrogen-bond acceptors (Lipinski definition) is 6. The molecule has 0 spiro atoms. The van der Waals surface area contributed by atoms with Gasteiger partial charge in [-0.1, -0.05) is 234 Å². The Morgan fingerprint density at radius 3 is 0.859 bits per heavy atom. The summed E-state index contributed by atoms with van der Waals surface area (Å²) in [4.78, 5) is 38.2. The first kappa shape index (κ1) is 67.6. The highest BCUT2D eigenvalue weighted by atomic mass is 16.6. The fourth-order valence-electron chi connectivity index (χ4n) is 8.27. The lowest BCUT2D eigenvalue weighted by atomic mass is 10.0. The van der Waals surface area contributed by atoms with Gasteiger partial charge in [-0.25, -0.2) is 0 Å². The number of allylic oxidation sites excluding steroid dienone is 14. The lowest BCUT2D eigenvalue weighted by Crippen LogP contribution is -2.30. The predicted molar refractivity (Wildman–Crippen MR) is 307 cm³/mol. The van der Waals surface area contributed by atoms with E-state index in [4.69, 9.17) is 14.2 Å². The van der Waals surface area contributed by atoms with E-state index < -0.39 is 6.10 Å². The molecule has 0 heterocycles. The molecule has 1 atom stereocenters. The highest BCUT2D eigenvalue weighted by Crippen LogP contribution is 2.15. The third-order valence-corrected chi connectivity index (χ3v) is 12.8. The molecule has 0 aliphatic heterocycles. The minimum absolute atomic E-state index is 0.0977. The van der Waals surface area contributed by atoms with Crippen molar-refractivity contribution in [3.63, 3.8) is 0 Å². The lowest BCUT2D eigenvalue weighted by Gasteiger charge is -2.18. The van der Waals surface area contributed by atoms with Crippen LogP contribution in [0.15, 0.2) is 85.1 Å². The Hall–Kier alpha value is -3.41. The SMILES string of the molecule is CCCCC/C=C\C/C=C\C/C=C\CCCCCCC(=O)O[C@H](COC(=O)CCCC/C=C\C/C=C\C/C=C\CCCCC)COC(=O)CCCCCCCCCCCCC/C=C\CCCCCCCC. The fourth-order valence-corrected chi connectivity index (χ4v) is 8.27. The minimum atomic E-state index is -0.805. The quantitative estimate of drug-likeness (QED) is 0.0261. The fraction of sp³-hybridized carbons (Fsp3) is 0.738. The molecule has 0 aromatic heterocycles. The number of carbonyl (C=O) groups is 3. The molecule has 6 heteroatoms. The van der Waals surface area contributed by atoms with Crippen LogP contribution in [0.5, 0.6) is 0 Å². The van der Waals surface area contributed by atoms with Gasteiger partial charge in [0, 0.05) is 19.3 Å². The highest BCUT2D eigenvalue weighted by molar-refractivity contribution is 5.71. The molecule has 0 aromatic carbocycles. The van der Waals surface area contributed by atoms with Crippen molar-refractivity contribution in [2.24, 2.45) is 0 Å². The maximum atomic E-state index is 12.9. The smallest absolute Gasteiger partial charge is 0.306 e. The van der Waals surface area contributed by atoms with Gasteiger partial charge in [-0.15, -0.1) is 0 Å². The van der Waals surface area contributed by atoms with E-state index in [1.807, 2.05) is 0 Å². The van der Waals surface area contributed by atoms with Crippen LogP contribution in [0.2, 0.25) is 0 Å². The van der Waals surface area contributed by atoms with Crippen LogP contribution in [0.25, 0.3) is 0 Å². The molecule has 0 aliphatic carbocycles. The predicted octanol–water partition coefficient (Wildman–Crippen LogP) is 20.3. The number of ether oxygens (including phenoxy) is 3. The van der Waals surface area contributed by atoms with Crippen LogP contribution in [0.1, 0.15) is 290 Å². The van der Waals surface area contributed by atoms with Crippen LogP contribution in [0, 0.1) is 0 Å². The normalized spacial score (nSPS) is 12.7. The van der Waals surface area contributed by atoms with Crippen LogP contribution in [0.3, 0.4) is 0 Å². The van der Waals surface area contributed by atoms with Crippen LogP contribution in [0.4, 0.5) is 0 Å². The Kier molecular flexibility index (Phi) is 56.3. The van der Waals surface area contributed by atoms with Crippen LogP contribution >= 0.6 is 0 Å². The van der Waals surface area contributed by atoms with Crippen molar-refractivity contribution >= 4 is 17.9 Å². The third-order valence-electron chi connectivity index (χ3n) is 12.8. The molecular formula is C65H112O6. The first-order chi connectivity index (χ1) is 35.0. The molecule has 0 unspecified atom stereocenters. The second-order valence-corrected chi connectivity index (χ2v) is 19.9. The Morgan fingerprint density at radius 1 is 0.282 bits per heavy atom. The Balaban J connectivity index is 4.43. The minimum Gasteiger partial charge on any atom is -0.462 e. The molecule has 0 fully saturated rings. The molecule has 0 rings (SSSR count). The Morgan fingerprint density at radius 2 is 0.507 bits per heavy atom. The first-order valence-electron chi connectivity index (χ1n) is 30.1. The van der Waals surface area contributed by atoms with Crippen LogP contribution < -0.4 is 0 Å². The second kappa shape index (κ2) is 59.2. The molecule has 0 aromatic rings. The zero-order valence-corrected chi connectivity index (χ0v) is 46.7. The van der Waals surface area contributed by atoms with Crippen molar-refractivity contribution in [2.75, 3.05) is 13.2 Å². The van der Waals surface area contributed by atoms with Crippen LogP contribution in [-0.2, 0) is 28.6 Å². The summed E-state index contributed by atoms with van der Waals surface area (Å²) < 4.78 is 16.8. The molecule has 0 saturated heterocycles. The summed E-state index contributed by atoms with van der Waals surface area (Å²) in [6, 6.07) is 0. The second-order valence-electron chi connectivity index (χ2n) is 19.9. The summed E-state index contributed by atoms with van der Waals surface area (Å²) in [6.45, 7) is 6.55. The summed E-state index contributed by atoms with van der Waals surface area (Å²) in [7, 11) is 0. The van der Waals surface area contributed by atoms with E-state index in [9.17, 15) is 14.4 Å². The van der Waals surface area contributed by atoms with E-state index in [0.29, 0.717) is 19.3 Å². The van der Waals surface area contributed by atoms with Gasteiger partial charge in [0.1, 0.15) is 13.2 Å². The van der Waals surface area contributed by atoms with E-state index in [1.54, 1.807) is 0 Å². The monoisotopic (exact) mass is 989 g/mol. The van der Waals surface area contributed by atoms with E-state index >= 15 is 0 Å². The number of rotatable bonds is 54. The van der Waals surface area contributed by atoms with Crippen molar-refractivity contribution < 1.29 is 28.6 Å².